The summed E-state index contributed by atoms with van der Waals surface area (Å²) < 4.78 is 6.86. The Kier molecular flexibility index (Phi) is 3.53. The topological polar surface area (TPSA) is 67.6 Å². The number of imidazole rings is 1. The fraction of sp³-hybridized carbons (Fsp3) is 0.600. The molecule has 2 heterocycles. The van der Waals surface area contributed by atoms with Gasteiger partial charge in [-0.2, -0.15) is 0 Å². The first-order chi connectivity index (χ1) is 7.79. The summed E-state index contributed by atoms with van der Waals surface area (Å²) in [5.74, 6) is 0.0604. The van der Waals surface area contributed by atoms with Crippen LogP contribution >= 0.6 is 0 Å². The zero-order valence-corrected chi connectivity index (χ0v) is 9.00. The fourth-order valence-electron chi connectivity index (χ4n) is 1.64. The van der Waals surface area contributed by atoms with Crippen molar-refractivity contribution in [2.75, 3.05) is 26.3 Å². The molecule has 0 spiro atoms. The fourth-order valence-corrected chi connectivity index (χ4v) is 1.64. The Morgan fingerprint density at radius 1 is 1.50 bits per heavy atom. The molecule has 2 rings (SSSR count). The number of nitrogens with zero attached hydrogens (tertiary/aromatic N) is 3. The van der Waals surface area contributed by atoms with Gasteiger partial charge in [0.25, 0.3) is 0 Å². The van der Waals surface area contributed by atoms with Gasteiger partial charge in [-0.15, -0.1) is 0 Å². The van der Waals surface area contributed by atoms with Gasteiger partial charge in [0.1, 0.15) is 6.54 Å². The minimum Gasteiger partial charge on any atom is -0.390 e. The number of rotatable bonds is 3. The monoisotopic (exact) mass is 225 g/mol. The second-order valence-electron chi connectivity index (χ2n) is 3.69. The van der Waals surface area contributed by atoms with Crippen molar-refractivity contribution in [3.63, 3.8) is 0 Å². The van der Waals surface area contributed by atoms with Gasteiger partial charge in [0.05, 0.1) is 31.8 Å². The second-order valence-corrected chi connectivity index (χ2v) is 3.69. The molecule has 0 saturated carbocycles. The Morgan fingerprint density at radius 3 is 2.88 bits per heavy atom. The van der Waals surface area contributed by atoms with Crippen molar-refractivity contribution in [3.05, 3.63) is 18.2 Å². The lowest BCUT2D eigenvalue weighted by atomic mass is 10.4. The number of hydrogen-bond acceptors (Lipinski definition) is 4. The van der Waals surface area contributed by atoms with E-state index in [0.717, 1.165) is 0 Å². The molecule has 0 atom stereocenters. The normalized spacial score (nSPS) is 16.4. The summed E-state index contributed by atoms with van der Waals surface area (Å²) >= 11 is 0. The van der Waals surface area contributed by atoms with Crippen LogP contribution < -0.4 is 0 Å². The number of aliphatic hydroxyl groups is 1. The molecular weight excluding hydrogens is 210 g/mol. The van der Waals surface area contributed by atoms with E-state index < -0.39 is 0 Å². The maximum absolute atomic E-state index is 11.8. The highest BCUT2D eigenvalue weighted by Gasteiger charge is 2.16. The Balaban J connectivity index is 1.90. The number of carbonyl (C=O) groups excluding carboxylic acids is 1. The molecule has 0 unspecified atom stereocenters. The highest BCUT2D eigenvalue weighted by molar-refractivity contribution is 5.76. The second kappa shape index (κ2) is 5.09. The Bertz CT molecular complexity index is 358. The summed E-state index contributed by atoms with van der Waals surface area (Å²) in [4.78, 5) is 17.6. The molecular formula is C10H15N3O3. The van der Waals surface area contributed by atoms with Crippen LogP contribution in [0.15, 0.2) is 12.5 Å². The molecule has 6 nitrogen and oxygen atoms in total. The predicted octanol–water partition coefficient (Wildman–Crippen LogP) is -0.766. The van der Waals surface area contributed by atoms with E-state index in [1.54, 1.807) is 22.0 Å². The zero-order chi connectivity index (χ0) is 11.4. The summed E-state index contributed by atoms with van der Waals surface area (Å²) in [5.41, 5.74) is 0.578. The molecule has 1 aliphatic heterocycles. The molecule has 6 heteroatoms. The third kappa shape index (κ3) is 2.59. The van der Waals surface area contributed by atoms with E-state index in [9.17, 15) is 4.79 Å². The highest BCUT2D eigenvalue weighted by atomic mass is 16.5. The quantitative estimate of drug-likeness (QED) is 0.734. The van der Waals surface area contributed by atoms with Crippen molar-refractivity contribution in [2.24, 2.45) is 0 Å². The van der Waals surface area contributed by atoms with Crippen molar-refractivity contribution in [3.8, 4) is 0 Å². The smallest absolute Gasteiger partial charge is 0.242 e. The standard InChI is InChI=1S/C10H15N3O3/c14-7-9-5-12(8-11-9)6-10(15)13-1-3-16-4-2-13/h5,8,14H,1-4,6-7H2. The molecule has 0 radical (unpaired) electrons. The number of hydrogen-bond donors (Lipinski definition) is 1. The first-order valence-corrected chi connectivity index (χ1v) is 5.26. The molecule has 0 bridgehead atoms. The van der Waals surface area contributed by atoms with Gasteiger partial charge in [0.2, 0.25) is 5.91 Å². The van der Waals surface area contributed by atoms with Crippen LogP contribution in [-0.4, -0.2) is 51.8 Å². The Hall–Kier alpha value is -1.40. The van der Waals surface area contributed by atoms with E-state index in [1.165, 1.54) is 0 Å². The molecule has 1 N–H and O–H groups in total. The summed E-state index contributed by atoms with van der Waals surface area (Å²) in [5, 5.41) is 8.85. The number of morpholine rings is 1. The molecule has 1 fully saturated rings. The van der Waals surface area contributed by atoms with E-state index in [1.807, 2.05) is 0 Å². The molecule has 1 aliphatic rings. The maximum atomic E-state index is 11.8. The average Bonchev–Trinajstić information content (AvgIpc) is 2.78. The summed E-state index contributed by atoms with van der Waals surface area (Å²) in [6, 6.07) is 0. The van der Waals surface area contributed by atoms with Crippen molar-refractivity contribution in [1.82, 2.24) is 14.5 Å². The van der Waals surface area contributed by atoms with Gasteiger partial charge in [0.15, 0.2) is 0 Å². The molecule has 16 heavy (non-hydrogen) atoms. The molecule has 88 valence electrons. The number of aromatic nitrogens is 2. The Morgan fingerprint density at radius 2 is 2.25 bits per heavy atom. The molecule has 0 aliphatic carbocycles. The minimum absolute atomic E-state index is 0.0604. The highest BCUT2D eigenvalue weighted by Crippen LogP contribution is 2.01. The largest absolute Gasteiger partial charge is 0.390 e. The van der Waals surface area contributed by atoms with Gasteiger partial charge in [-0.1, -0.05) is 0 Å². The molecule has 1 amide bonds. The van der Waals surface area contributed by atoms with Gasteiger partial charge in [0, 0.05) is 19.3 Å². The van der Waals surface area contributed by atoms with Gasteiger partial charge in [-0.05, 0) is 0 Å². The third-order valence-corrected chi connectivity index (χ3v) is 2.53. The third-order valence-electron chi connectivity index (χ3n) is 2.53. The lowest BCUT2D eigenvalue weighted by molar-refractivity contribution is -0.135. The van der Waals surface area contributed by atoms with E-state index >= 15 is 0 Å². The van der Waals surface area contributed by atoms with Crippen LogP contribution in [0.1, 0.15) is 5.69 Å². The number of amides is 1. The summed E-state index contributed by atoms with van der Waals surface area (Å²) in [7, 11) is 0. The molecule has 1 saturated heterocycles. The first kappa shape index (κ1) is 11.1. The lowest BCUT2D eigenvalue weighted by Crippen LogP contribution is -2.42. The van der Waals surface area contributed by atoms with Crippen LogP contribution in [0.4, 0.5) is 0 Å². The average molecular weight is 225 g/mol. The summed E-state index contributed by atoms with van der Waals surface area (Å²) in [6.07, 6.45) is 3.24. The van der Waals surface area contributed by atoms with Crippen LogP contribution in [0.3, 0.4) is 0 Å². The van der Waals surface area contributed by atoms with E-state index in [0.29, 0.717) is 32.0 Å². The lowest BCUT2D eigenvalue weighted by Gasteiger charge is -2.26. The van der Waals surface area contributed by atoms with E-state index in [2.05, 4.69) is 4.98 Å². The van der Waals surface area contributed by atoms with Crippen LogP contribution in [0.5, 0.6) is 0 Å². The SMILES string of the molecule is O=C(Cn1cnc(CO)c1)N1CCOCC1. The summed E-state index contributed by atoms with van der Waals surface area (Å²) in [6.45, 7) is 2.70. The van der Waals surface area contributed by atoms with Crippen molar-refractivity contribution >= 4 is 5.91 Å². The maximum Gasteiger partial charge on any atom is 0.242 e. The van der Waals surface area contributed by atoms with Crippen LogP contribution in [0, 0.1) is 0 Å². The Labute approximate surface area is 93.4 Å². The van der Waals surface area contributed by atoms with Crippen LogP contribution in [0.25, 0.3) is 0 Å². The van der Waals surface area contributed by atoms with Crippen molar-refractivity contribution in [1.29, 1.82) is 0 Å². The van der Waals surface area contributed by atoms with E-state index in [-0.39, 0.29) is 19.1 Å². The predicted molar refractivity (Wildman–Crippen MR) is 55.5 cm³/mol. The van der Waals surface area contributed by atoms with Gasteiger partial charge in [-0.25, -0.2) is 4.98 Å². The zero-order valence-electron chi connectivity index (χ0n) is 9.00. The molecule has 1 aromatic heterocycles. The number of carbonyl (C=O) groups is 1. The van der Waals surface area contributed by atoms with E-state index in [4.69, 9.17) is 9.84 Å². The first-order valence-electron chi connectivity index (χ1n) is 5.26. The van der Waals surface area contributed by atoms with Crippen LogP contribution in [-0.2, 0) is 22.7 Å². The number of ether oxygens (including phenoxy) is 1. The minimum atomic E-state index is -0.0985. The van der Waals surface area contributed by atoms with Gasteiger partial charge < -0.3 is 19.3 Å². The van der Waals surface area contributed by atoms with Crippen molar-refractivity contribution < 1.29 is 14.6 Å². The number of aliphatic hydroxyl groups excluding tert-OH is 1. The van der Waals surface area contributed by atoms with Gasteiger partial charge >= 0.3 is 0 Å². The molecule has 0 aromatic carbocycles. The van der Waals surface area contributed by atoms with Gasteiger partial charge in [-0.3, -0.25) is 4.79 Å². The molecule has 1 aromatic rings. The van der Waals surface area contributed by atoms with Crippen molar-refractivity contribution in [2.45, 2.75) is 13.2 Å². The van der Waals surface area contributed by atoms with Crippen LogP contribution in [0.2, 0.25) is 0 Å².